The molecule has 0 saturated carbocycles. The minimum Gasteiger partial charge on any atom is 0 e. The first-order valence-electron chi connectivity index (χ1n) is 2.42. The topological polar surface area (TPSA) is 17.1 Å². The van der Waals surface area contributed by atoms with Gasteiger partial charge in [0.1, 0.15) is 0 Å². The molecule has 0 atom stereocenters. The second-order valence-electron chi connectivity index (χ2n) is 1.42. The number of hydrogen-bond acceptors (Lipinski definition) is 1. The van der Waals surface area contributed by atoms with Crippen LogP contribution in [0.2, 0.25) is 0 Å². The zero-order valence-corrected chi connectivity index (χ0v) is 7.66. The second kappa shape index (κ2) is 7.99. The number of rotatable bonds is 3. The third-order valence-electron chi connectivity index (χ3n) is 0.708. The van der Waals surface area contributed by atoms with Crippen molar-refractivity contribution in [1.29, 1.82) is 0 Å². The first-order valence-corrected chi connectivity index (χ1v) is 3.16. The van der Waals surface area contributed by atoms with E-state index in [-0.39, 0.29) is 22.6 Å². The maximum Gasteiger partial charge on any atom is 0 e. The maximum atomic E-state index is 10.1. The number of hydrogen-bond donors (Lipinski definition) is 0. The van der Waals surface area contributed by atoms with Crippen molar-refractivity contribution >= 4 is 4.00 Å². The molecule has 0 saturated heterocycles. The van der Waals surface area contributed by atoms with Gasteiger partial charge < -0.3 is 0 Å². The molecule has 0 unspecified atom stereocenters. The smallest absolute Gasteiger partial charge is 0 e. The van der Waals surface area contributed by atoms with Crippen molar-refractivity contribution in [2.24, 2.45) is 0 Å². The molecule has 0 aromatic heterocycles. The summed E-state index contributed by atoms with van der Waals surface area (Å²) in [7, 11) is 0. The van der Waals surface area contributed by atoms with Crippen LogP contribution in [0.3, 0.4) is 0 Å². The van der Waals surface area contributed by atoms with Crippen molar-refractivity contribution < 1.29 is 44.4 Å². The van der Waals surface area contributed by atoms with Gasteiger partial charge in [0.25, 0.3) is 0 Å². The minimum atomic E-state index is 0. The fraction of sp³-hybridized carbons (Fsp3) is 0.800. The maximum absolute atomic E-state index is 10.1. The van der Waals surface area contributed by atoms with E-state index in [0.717, 1.165) is 12.8 Å². The third-order valence-corrected chi connectivity index (χ3v) is 1.08. The Bertz CT molecular complexity index is 65.4. The Morgan fingerprint density at radius 3 is 2.25 bits per heavy atom. The fourth-order valence-corrected chi connectivity index (χ4v) is 0.564. The molecule has 0 aliphatic carbocycles. The first-order chi connectivity index (χ1) is 3.27. The normalized spacial score (nSPS) is 7.88. The van der Waals surface area contributed by atoms with E-state index in [2.05, 4.69) is 28.0 Å². The fourth-order valence-electron chi connectivity index (χ4n) is 0.302. The summed E-state index contributed by atoms with van der Waals surface area (Å²) >= 11 is 2.85. The molecule has 8 heavy (non-hydrogen) atoms. The summed E-state index contributed by atoms with van der Waals surface area (Å²) in [5.41, 5.74) is 0. The van der Waals surface area contributed by atoms with Gasteiger partial charge in [-0.1, -0.05) is 0 Å². The van der Waals surface area contributed by atoms with Crippen LogP contribution in [0.4, 0.5) is 0 Å². The predicted octanol–water partition coefficient (Wildman–Crippen LogP) is 1.25. The molecule has 1 radical (unpaired) electrons. The summed E-state index contributed by atoms with van der Waals surface area (Å²) in [5, 5.41) is 0. The molecule has 0 bridgehead atoms. The van der Waals surface area contributed by atoms with Gasteiger partial charge in [-0.3, -0.25) is 0 Å². The summed E-state index contributed by atoms with van der Waals surface area (Å²) in [5.74, 6) is 0. The molecule has 0 aliphatic heterocycles. The van der Waals surface area contributed by atoms with Gasteiger partial charge in [0.15, 0.2) is 0 Å². The van der Waals surface area contributed by atoms with Crippen LogP contribution in [-0.4, -0.2) is 4.00 Å². The van der Waals surface area contributed by atoms with Crippen LogP contribution < -0.4 is 0 Å². The summed E-state index contributed by atoms with van der Waals surface area (Å²) < 4.78 is 0.117. The third kappa shape index (κ3) is 10.1. The van der Waals surface area contributed by atoms with E-state index in [9.17, 15) is 4.79 Å². The van der Waals surface area contributed by atoms with Crippen molar-refractivity contribution in [1.82, 2.24) is 0 Å². The first kappa shape index (κ1) is 11.8. The Balaban J connectivity index is 0. The second-order valence-corrected chi connectivity index (χ2v) is 2.24. The van der Waals surface area contributed by atoms with E-state index >= 15 is 0 Å². The Morgan fingerprint density at radius 2 is 2.12 bits per heavy atom. The van der Waals surface area contributed by atoms with Crippen molar-refractivity contribution in [2.75, 3.05) is 0 Å². The van der Waals surface area contributed by atoms with Gasteiger partial charge in [-0.15, -0.1) is 0 Å². The number of unbranched alkanes of at least 4 members (excludes halogenated alkanes) is 1. The molecule has 0 fully saturated rings. The zero-order chi connectivity index (χ0) is 5.70. The van der Waals surface area contributed by atoms with Crippen molar-refractivity contribution in [3.63, 3.8) is 0 Å². The Labute approximate surface area is 74.4 Å². The van der Waals surface area contributed by atoms with Gasteiger partial charge >= 0.3 is 56.0 Å². The Hall–Kier alpha value is 0.995. The van der Waals surface area contributed by atoms with Gasteiger partial charge in [0.2, 0.25) is 0 Å². The summed E-state index contributed by atoms with van der Waals surface area (Å²) in [6.45, 7) is 2.07. The van der Waals surface area contributed by atoms with Crippen molar-refractivity contribution in [3.05, 3.63) is 0 Å². The molecule has 0 N–H and O–H groups in total. The van der Waals surface area contributed by atoms with Crippen LogP contribution in [0.15, 0.2) is 0 Å². The zero-order valence-electron chi connectivity index (χ0n) is 4.78. The van der Waals surface area contributed by atoms with E-state index in [0.29, 0.717) is 6.42 Å². The average molecular weight is 244 g/mol. The summed E-state index contributed by atoms with van der Waals surface area (Å²) in [6, 6.07) is 0. The molecule has 0 spiro atoms. The van der Waals surface area contributed by atoms with E-state index < -0.39 is 0 Å². The van der Waals surface area contributed by atoms with Crippen LogP contribution in [0.25, 0.3) is 0 Å². The van der Waals surface area contributed by atoms with Crippen LogP contribution in [0, 0.1) is 0 Å². The number of carbonyl (C=O) groups is 1. The molecule has 0 aromatic rings. The molecule has 0 rings (SSSR count). The van der Waals surface area contributed by atoms with E-state index in [1.165, 1.54) is 0 Å². The quantitative estimate of drug-likeness (QED) is 0.682. The molecule has 0 amide bonds. The largest absolute Gasteiger partial charge is 0 e. The van der Waals surface area contributed by atoms with Gasteiger partial charge in [0.05, 0.1) is 0 Å². The van der Waals surface area contributed by atoms with Crippen LogP contribution in [0.5, 0.6) is 0 Å². The van der Waals surface area contributed by atoms with Gasteiger partial charge in [-0.2, -0.15) is 0 Å². The molecule has 3 heteroatoms. The van der Waals surface area contributed by atoms with Crippen molar-refractivity contribution in [2.45, 2.75) is 26.2 Å². The van der Waals surface area contributed by atoms with Crippen molar-refractivity contribution in [3.8, 4) is 0 Å². The molecular weight excluding hydrogens is 235 g/mol. The monoisotopic (exact) mass is 243 g/mol. The summed E-state index contributed by atoms with van der Waals surface area (Å²) in [4.78, 5) is 10.1. The number of carbonyl (C=O) groups excluding carboxylic acids is 1. The molecule has 0 aromatic carbocycles. The van der Waals surface area contributed by atoms with E-state index in [4.69, 9.17) is 0 Å². The summed E-state index contributed by atoms with van der Waals surface area (Å²) in [6.07, 6.45) is 2.77. The molecule has 0 heterocycles. The average Bonchev–Trinajstić information content (AvgIpc) is 1.61. The Morgan fingerprint density at radius 1 is 1.62 bits per heavy atom. The van der Waals surface area contributed by atoms with E-state index in [1.807, 2.05) is 0 Å². The van der Waals surface area contributed by atoms with E-state index in [1.54, 1.807) is 0 Å². The Kier molecular flexibility index (Phi) is 11.7. The minimum absolute atomic E-state index is 0. The van der Waals surface area contributed by atoms with Gasteiger partial charge in [-0.05, 0) is 0 Å². The van der Waals surface area contributed by atoms with Crippen LogP contribution in [-0.2, 0) is 44.4 Å². The SMILES string of the molecule is CCCC[C](=O)[Ag].[V]. The van der Waals surface area contributed by atoms with Crippen LogP contribution in [0.1, 0.15) is 26.2 Å². The molecule has 51 valence electrons. The molecule has 1 nitrogen and oxygen atoms in total. The van der Waals surface area contributed by atoms with Gasteiger partial charge in [0, 0.05) is 18.6 Å². The van der Waals surface area contributed by atoms with Crippen LogP contribution >= 0.6 is 0 Å². The predicted molar refractivity (Wildman–Crippen MR) is 24.5 cm³/mol. The molecular formula is C5H9AgOV. The molecule has 0 aliphatic rings. The van der Waals surface area contributed by atoms with Gasteiger partial charge in [-0.25, -0.2) is 0 Å². The standard InChI is InChI=1S/C5H9O.Ag.V/c1-2-3-4-5-6;;/h2-4H2,1H3;;.